The third-order valence-corrected chi connectivity index (χ3v) is 3.89. The molecular weight excluding hydrogens is 295 g/mol. The molecule has 18 heavy (non-hydrogen) atoms. The Bertz CT molecular complexity index is 409. The second-order valence-electron chi connectivity index (χ2n) is 4.30. The molecule has 0 atom stereocenters. The number of hydrogen-bond donors (Lipinski definition) is 0. The van der Waals surface area contributed by atoms with Crippen molar-refractivity contribution in [1.82, 2.24) is 9.88 Å². The van der Waals surface area contributed by atoms with Gasteiger partial charge in [-0.2, -0.15) is 4.98 Å². The number of hydrogen-bond acceptors (Lipinski definition) is 3. The van der Waals surface area contributed by atoms with Crippen LogP contribution in [-0.4, -0.2) is 36.1 Å². The highest BCUT2D eigenvalue weighted by Gasteiger charge is 2.12. The van der Waals surface area contributed by atoms with Gasteiger partial charge in [0.25, 0.3) is 0 Å². The third kappa shape index (κ3) is 3.89. The van der Waals surface area contributed by atoms with E-state index < -0.39 is 0 Å². The van der Waals surface area contributed by atoms with Crippen LogP contribution in [0.1, 0.15) is 19.3 Å². The Morgan fingerprint density at radius 1 is 1.11 bits per heavy atom. The molecule has 1 aliphatic heterocycles. The van der Waals surface area contributed by atoms with E-state index >= 15 is 0 Å². The molecule has 2 rings (SSSR count). The van der Waals surface area contributed by atoms with Crippen LogP contribution < -0.4 is 4.74 Å². The number of piperidine rings is 1. The van der Waals surface area contributed by atoms with E-state index in [0.717, 1.165) is 19.6 Å². The van der Waals surface area contributed by atoms with Crippen LogP contribution in [0.25, 0.3) is 0 Å². The predicted octanol–water partition coefficient (Wildman–Crippen LogP) is 3.91. The molecule has 1 saturated heterocycles. The molecule has 0 saturated carbocycles. The van der Waals surface area contributed by atoms with Crippen LogP contribution in [0, 0.1) is 0 Å². The Kier molecular flexibility index (Phi) is 5.37. The van der Waals surface area contributed by atoms with Gasteiger partial charge >= 0.3 is 0 Å². The minimum atomic E-state index is 0.217. The molecule has 0 amide bonds. The minimum Gasteiger partial charge on any atom is -0.475 e. The van der Waals surface area contributed by atoms with Gasteiger partial charge < -0.3 is 4.74 Å². The summed E-state index contributed by atoms with van der Waals surface area (Å²) in [4.78, 5) is 6.40. The number of nitrogens with zero attached hydrogens (tertiary/aromatic N) is 2. The number of aromatic nitrogens is 1. The van der Waals surface area contributed by atoms with Crippen molar-refractivity contribution in [2.45, 2.75) is 19.3 Å². The zero-order valence-electron chi connectivity index (χ0n) is 9.96. The fourth-order valence-electron chi connectivity index (χ4n) is 1.98. The summed E-state index contributed by atoms with van der Waals surface area (Å²) in [6, 6.07) is 1.55. The molecule has 2 heterocycles. The van der Waals surface area contributed by atoms with Crippen LogP contribution in [0.4, 0.5) is 0 Å². The molecule has 0 radical (unpaired) electrons. The zero-order valence-corrected chi connectivity index (χ0v) is 12.2. The maximum Gasteiger partial charge on any atom is 0.234 e. The Morgan fingerprint density at radius 2 is 1.83 bits per heavy atom. The van der Waals surface area contributed by atoms with Gasteiger partial charge in [-0.1, -0.05) is 41.2 Å². The van der Waals surface area contributed by atoms with Gasteiger partial charge in [0.2, 0.25) is 5.88 Å². The summed E-state index contributed by atoms with van der Waals surface area (Å²) < 4.78 is 5.55. The number of ether oxygens (including phenoxy) is 1. The largest absolute Gasteiger partial charge is 0.475 e. The van der Waals surface area contributed by atoms with E-state index in [2.05, 4.69) is 9.88 Å². The van der Waals surface area contributed by atoms with Crippen LogP contribution in [-0.2, 0) is 0 Å². The zero-order chi connectivity index (χ0) is 13.0. The van der Waals surface area contributed by atoms with Gasteiger partial charge in [0.15, 0.2) is 5.15 Å². The summed E-state index contributed by atoms with van der Waals surface area (Å²) in [5.41, 5.74) is 0. The lowest BCUT2D eigenvalue weighted by atomic mass is 10.1. The van der Waals surface area contributed by atoms with Gasteiger partial charge in [-0.05, 0) is 32.0 Å². The lowest BCUT2D eigenvalue weighted by Crippen LogP contribution is -2.33. The van der Waals surface area contributed by atoms with Crippen LogP contribution in [0.5, 0.6) is 5.88 Å². The summed E-state index contributed by atoms with van der Waals surface area (Å²) in [6.45, 7) is 3.74. The fourth-order valence-corrected chi connectivity index (χ4v) is 2.53. The van der Waals surface area contributed by atoms with Crippen molar-refractivity contribution in [1.29, 1.82) is 0 Å². The first-order valence-corrected chi connectivity index (χ1v) is 7.17. The molecule has 1 aliphatic rings. The SMILES string of the molecule is Clc1cc(Cl)c(OCCN2CCCCC2)nc1Cl. The average molecular weight is 310 g/mol. The highest BCUT2D eigenvalue weighted by atomic mass is 35.5. The smallest absolute Gasteiger partial charge is 0.234 e. The van der Waals surface area contributed by atoms with Crippen molar-refractivity contribution in [2.75, 3.05) is 26.2 Å². The number of halogens is 3. The molecule has 1 aromatic rings. The predicted molar refractivity (Wildman–Crippen MR) is 75.1 cm³/mol. The van der Waals surface area contributed by atoms with Crippen LogP contribution >= 0.6 is 34.8 Å². The van der Waals surface area contributed by atoms with Crippen LogP contribution in [0.3, 0.4) is 0 Å². The van der Waals surface area contributed by atoms with E-state index in [1.165, 1.54) is 19.3 Å². The van der Waals surface area contributed by atoms with E-state index in [1.54, 1.807) is 6.07 Å². The molecule has 1 aromatic heterocycles. The Balaban J connectivity index is 1.84. The van der Waals surface area contributed by atoms with E-state index in [9.17, 15) is 0 Å². The Hall–Kier alpha value is -0.220. The number of likely N-dealkylation sites (tertiary alicyclic amines) is 1. The third-order valence-electron chi connectivity index (χ3n) is 2.95. The fraction of sp³-hybridized carbons (Fsp3) is 0.583. The van der Waals surface area contributed by atoms with Crippen molar-refractivity contribution in [3.8, 4) is 5.88 Å². The van der Waals surface area contributed by atoms with Gasteiger partial charge in [0.05, 0.1) is 5.02 Å². The van der Waals surface area contributed by atoms with Crippen molar-refractivity contribution < 1.29 is 4.74 Å². The monoisotopic (exact) mass is 308 g/mol. The Labute approximate surface area is 122 Å². The lowest BCUT2D eigenvalue weighted by molar-refractivity contribution is 0.180. The van der Waals surface area contributed by atoms with Gasteiger partial charge in [-0.3, -0.25) is 4.90 Å². The van der Waals surface area contributed by atoms with Gasteiger partial charge in [0.1, 0.15) is 11.6 Å². The molecule has 6 heteroatoms. The maximum atomic E-state index is 5.98. The molecule has 3 nitrogen and oxygen atoms in total. The molecule has 0 aliphatic carbocycles. The normalized spacial score (nSPS) is 16.8. The van der Waals surface area contributed by atoms with Crippen molar-refractivity contribution in [3.05, 3.63) is 21.3 Å². The summed E-state index contributed by atoms with van der Waals surface area (Å²) in [6.07, 6.45) is 3.87. The first-order valence-electron chi connectivity index (χ1n) is 6.03. The second kappa shape index (κ2) is 6.80. The quantitative estimate of drug-likeness (QED) is 0.789. The van der Waals surface area contributed by atoms with Crippen molar-refractivity contribution in [2.24, 2.45) is 0 Å². The second-order valence-corrected chi connectivity index (χ2v) is 5.47. The van der Waals surface area contributed by atoms with Crippen molar-refractivity contribution in [3.63, 3.8) is 0 Å². The minimum absolute atomic E-state index is 0.217. The molecule has 100 valence electrons. The van der Waals surface area contributed by atoms with Gasteiger partial charge in [-0.25, -0.2) is 0 Å². The summed E-state index contributed by atoms with van der Waals surface area (Å²) in [5, 5.41) is 0.946. The molecule has 0 bridgehead atoms. The van der Waals surface area contributed by atoms with Gasteiger partial charge in [-0.15, -0.1) is 0 Å². The topological polar surface area (TPSA) is 25.4 Å². The number of pyridine rings is 1. The molecule has 0 N–H and O–H groups in total. The van der Waals surface area contributed by atoms with Gasteiger partial charge in [0, 0.05) is 6.54 Å². The highest BCUT2D eigenvalue weighted by Crippen LogP contribution is 2.30. The van der Waals surface area contributed by atoms with E-state index in [0.29, 0.717) is 22.5 Å². The van der Waals surface area contributed by atoms with E-state index in [-0.39, 0.29) is 5.15 Å². The highest BCUT2D eigenvalue weighted by molar-refractivity contribution is 6.42. The molecule has 0 spiro atoms. The molecule has 1 fully saturated rings. The summed E-state index contributed by atoms with van der Waals surface area (Å²) >= 11 is 17.6. The lowest BCUT2D eigenvalue weighted by Gasteiger charge is -2.26. The van der Waals surface area contributed by atoms with Crippen LogP contribution in [0.2, 0.25) is 15.2 Å². The van der Waals surface area contributed by atoms with Crippen LogP contribution in [0.15, 0.2) is 6.07 Å². The maximum absolute atomic E-state index is 5.98. The first-order chi connectivity index (χ1) is 8.66. The molecular formula is C12H15Cl3N2O. The van der Waals surface area contributed by atoms with E-state index in [1.807, 2.05) is 0 Å². The Morgan fingerprint density at radius 3 is 2.56 bits per heavy atom. The summed E-state index contributed by atoms with van der Waals surface area (Å²) in [7, 11) is 0. The molecule has 0 unspecified atom stereocenters. The number of rotatable bonds is 4. The first kappa shape index (κ1) is 14.2. The summed E-state index contributed by atoms with van der Waals surface area (Å²) in [5.74, 6) is 0.350. The molecule has 0 aromatic carbocycles. The standard InChI is InChI=1S/C12H15Cl3N2O/c13-9-8-10(14)12(16-11(9)15)18-7-6-17-4-2-1-3-5-17/h8H,1-7H2. The van der Waals surface area contributed by atoms with E-state index in [4.69, 9.17) is 39.5 Å². The van der Waals surface area contributed by atoms with Crippen molar-refractivity contribution >= 4 is 34.8 Å². The average Bonchev–Trinajstić information content (AvgIpc) is 2.37.